The number of aryl methyl sites for hydroxylation is 1. The lowest BCUT2D eigenvalue weighted by molar-refractivity contribution is 0.0926. The van der Waals surface area contributed by atoms with Crippen LogP contribution in [0, 0.1) is 11.6 Å². The van der Waals surface area contributed by atoms with Crippen LogP contribution in [0.15, 0.2) is 48.7 Å². The van der Waals surface area contributed by atoms with Crippen LogP contribution in [0.4, 0.5) is 8.78 Å². The Morgan fingerprint density at radius 3 is 2.34 bits per heavy atom. The van der Waals surface area contributed by atoms with Crippen LogP contribution in [0.1, 0.15) is 20.7 Å². The summed E-state index contributed by atoms with van der Waals surface area (Å²) in [7, 11) is 1.58. The van der Waals surface area contributed by atoms with Gasteiger partial charge < -0.3 is 15.7 Å². The van der Waals surface area contributed by atoms with Crippen molar-refractivity contribution in [3.05, 3.63) is 71.4 Å². The summed E-state index contributed by atoms with van der Waals surface area (Å²) in [6.07, 6.45) is 1.42. The van der Waals surface area contributed by atoms with Crippen LogP contribution in [-0.4, -0.2) is 39.8 Å². The molecular formula is C20H18F2N4O3. The second-order valence-corrected chi connectivity index (χ2v) is 6.22. The van der Waals surface area contributed by atoms with Crippen LogP contribution in [0.5, 0.6) is 5.75 Å². The first-order valence-corrected chi connectivity index (χ1v) is 8.70. The molecule has 0 radical (unpaired) electrons. The summed E-state index contributed by atoms with van der Waals surface area (Å²) in [5, 5.41) is 18.9. The average Bonchev–Trinajstić information content (AvgIpc) is 3.06. The standard InChI is InChI=1S/C20H18F2N4O3/c1-26-11-15(18(25-26)13-7-6-12(21)10-16(13)22)20(29)24-9-8-23-19(28)14-4-2-3-5-17(14)27/h2-7,10-11,27H,8-9H2,1H3,(H,23,28)(H,24,29). The highest BCUT2D eigenvalue weighted by atomic mass is 19.1. The molecule has 29 heavy (non-hydrogen) atoms. The van der Waals surface area contributed by atoms with E-state index in [-0.39, 0.29) is 41.2 Å². The van der Waals surface area contributed by atoms with E-state index in [1.165, 1.54) is 29.1 Å². The van der Waals surface area contributed by atoms with E-state index in [9.17, 15) is 23.5 Å². The second kappa shape index (κ2) is 8.51. The molecule has 9 heteroatoms. The fraction of sp³-hybridized carbons (Fsp3) is 0.150. The molecule has 0 bridgehead atoms. The fourth-order valence-corrected chi connectivity index (χ4v) is 2.74. The van der Waals surface area contributed by atoms with Gasteiger partial charge in [0.1, 0.15) is 23.1 Å². The molecule has 1 aromatic heterocycles. The Balaban J connectivity index is 1.63. The minimum atomic E-state index is -0.826. The molecule has 1 heterocycles. The minimum absolute atomic E-state index is 0.00463. The number of aromatic hydroxyl groups is 1. The number of benzene rings is 2. The van der Waals surface area contributed by atoms with E-state index in [0.717, 1.165) is 12.1 Å². The van der Waals surface area contributed by atoms with Gasteiger partial charge in [-0.25, -0.2) is 8.78 Å². The molecule has 3 N–H and O–H groups in total. The van der Waals surface area contributed by atoms with Crippen LogP contribution in [0.3, 0.4) is 0 Å². The third kappa shape index (κ3) is 4.57. The van der Waals surface area contributed by atoms with Gasteiger partial charge in [0.15, 0.2) is 0 Å². The summed E-state index contributed by atoms with van der Waals surface area (Å²) in [6.45, 7) is 0.206. The molecular weight excluding hydrogens is 382 g/mol. The lowest BCUT2D eigenvalue weighted by Crippen LogP contribution is -2.34. The Morgan fingerprint density at radius 1 is 1.03 bits per heavy atom. The van der Waals surface area contributed by atoms with Gasteiger partial charge in [-0.2, -0.15) is 5.10 Å². The molecule has 0 atom stereocenters. The third-order valence-electron chi connectivity index (χ3n) is 4.10. The monoisotopic (exact) mass is 400 g/mol. The van der Waals surface area contributed by atoms with Gasteiger partial charge in [0.2, 0.25) is 0 Å². The molecule has 0 unspecified atom stereocenters. The van der Waals surface area contributed by atoms with Crippen molar-refractivity contribution in [3.63, 3.8) is 0 Å². The van der Waals surface area contributed by atoms with Gasteiger partial charge >= 0.3 is 0 Å². The number of phenols is 1. The highest BCUT2D eigenvalue weighted by Gasteiger charge is 2.20. The SMILES string of the molecule is Cn1cc(C(=O)NCCNC(=O)c2ccccc2O)c(-c2ccc(F)cc2F)n1. The van der Waals surface area contributed by atoms with Gasteiger partial charge in [0.05, 0.1) is 11.1 Å². The normalized spacial score (nSPS) is 10.6. The Morgan fingerprint density at radius 2 is 1.69 bits per heavy atom. The highest BCUT2D eigenvalue weighted by Crippen LogP contribution is 2.25. The first kappa shape index (κ1) is 20.0. The molecule has 3 aromatic rings. The summed E-state index contributed by atoms with van der Waals surface area (Å²) in [5.41, 5.74) is 0.330. The summed E-state index contributed by atoms with van der Waals surface area (Å²) in [5.74, 6) is -2.70. The van der Waals surface area contributed by atoms with E-state index in [1.807, 2.05) is 0 Å². The smallest absolute Gasteiger partial charge is 0.255 e. The number of aromatic nitrogens is 2. The van der Waals surface area contributed by atoms with Crippen LogP contribution in [0.25, 0.3) is 11.3 Å². The molecule has 2 aromatic carbocycles. The maximum Gasteiger partial charge on any atom is 0.255 e. The minimum Gasteiger partial charge on any atom is -0.507 e. The number of halogens is 2. The fourth-order valence-electron chi connectivity index (χ4n) is 2.74. The molecule has 0 saturated heterocycles. The van der Waals surface area contributed by atoms with E-state index >= 15 is 0 Å². The van der Waals surface area contributed by atoms with Crippen molar-refractivity contribution in [2.24, 2.45) is 7.05 Å². The molecule has 150 valence electrons. The first-order chi connectivity index (χ1) is 13.9. The van der Waals surface area contributed by atoms with Gasteiger partial charge in [-0.1, -0.05) is 12.1 Å². The summed E-state index contributed by atoms with van der Waals surface area (Å²) < 4.78 is 28.6. The molecule has 0 spiro atoms. The van der Waals surface area contributed by atoms with Crippen molar-refractivity contribution in [1.82, 2.24) is 20.4 Å². The number of carbonyl (C=O) groups is 2. The molecule has 7 nitrogen and oxygen atoms in total. The van der Waals surface area contributed by atoms with E-state index in [1.54, 1.807) is 19.2 Å². The van der Waals surface area contributed by atoms with Crippen molar-refractivity contribution in [2.45, 2.75) is 0 Å². The van der Waals surface area contributed by atoms with Gasteiger partial charge in [0.25, 0.3) is 11.8 Å². The van der Waals surface area contributed by atoms with Crippen LogP contribution in [-0.2, 0) is 7.05 Å². The summed E-state index contributed by atoms with van der Waals surface area (Å²) >= 11 is 0. The number of hydrogen-bond donors (Lipinski definition) is 3. The quantitative estimate of drug-likeness (QED) is 0.553. The zero-order chi connectivity index (χ0) is 21.0. The van der Waals surface area contributed by atoms with Crippen molar-refractivity contribution < 1.29 is 23.5 Å². The topological polar surface area (TPSA) is 96.2 Å². The van der Waals surface area contributed by atoms with Crippen molar-refractivity contribution in [2.75, 3.05) is 13.1 Å². The van der Waals surface area contributed by atoms with E-state index < -0.39 is 23.4 Å². The lowest BCUT2D eigenvalue weighted by Gasteiger charge is -2.08. The molecule has 2 amide bonds. The molecule has 3 rings (SSSR count). The summed E-state index contributed by atoms with van der Waals surface area (Å²) in [6, 6.07) is 9.12. The number of nitrogens with one attached hydrogen (secondary N) is 2. The lowest BCUT2D eigenvalue weighted by atomic mass is 10.1. The van der Waals surface area contributed by atoms with E-state index in [2.05, 4.69) is 15.7 Å². The van der Waals surface area contributed by atoms with Crippen molar-refractivity contribution in [1.29, 1.82) is 0 Å². The van der Waals surface area contributed by atoms with Crippen LogP contribution in [0.2, 0.25) is 0 Å². The molecule has 0 aliphatic carbocycles. The van der Waals surface area contributed by atoms with Crippen molar-refractivity contribution >= 4 is 11.8 Å². The predicted octanol–water partition coefficient (Wildman–Crippen LogP) is 2.23. The number of carbonyl (C=O) groups excluding carboxylic acids is 2. The zero-order valence-corrected chi connectivity index (χ0v) is 15.4. The number of phenolic OH excluding ortho intramolecular Hbond substituents is 1. The Bertz CT molecular complexity index is 1070. The van der Waals surface area contributed by atoms with E-state index in [4.69, 9.17) is 0 Å². The van der Waals surface area contributed by atoms with Crippen molar-refractivity contribution in [3.8, 4) is 17.0 Å². The number of hydrogen-bond acceptors (Lipinski definition) is 4. The first-order valence-electron chi connectivity index (χ1n) is 8.70. The number of nitrogens with zero attached hydrogens (tertiary/aromatic N) is 2. The Labute approximate surface area is 165 Å². The van der Waals surface area contributed by atoms with Crippen LogP contribution >= 0.6 is 0 Å². The largest absolute Gasteiger partial charge is 0.507 e. The summed E-state index contributed by atoms with van der Waals surface area (Å²) in [4.78, 5) is 24.5. The maximum absolute atomic E-state index is 14.1. The second-order valence-electron chi connectivity index (χ2n) is 6.22. The number of rotatable bonds is 6. The zero-order valence-electron chi connectivity index (χ0n) is 15.4. The molecule has 0 aliphatic rings. The molecule has 0 saturated carbocycles. The van der Waals surface area contributed by atoms with Crippen LogP contribution < -0.4 is 10.6 Å². The third-order valence-corrected chi connectivity index (χ3v) is 4.10. The maximum atomic E-state index is 14.1. The molecule has 0 fully saturated rings. The molecule has 0 aliphatic heterocycles. The van der Waals surface area contributed by atoms with Gasteiger partial charge in [-0.3, -0.25) is 14.3 Å². The number of para-hydroxylation sites is 1. The highest BCUT2D eigenvalue weighted by molar-refractivity contribution is 6.00. The number of amides is 2. The van der Waals surface area contributed by atoms with Gasteiger partial charge in [-0.05, 0) is 24.3 Å². The Kier molecular flexibility index (Phi) is 5.87. The Hall–Kier alpha value is -3.75. The predicted molar refractivity (Wildman–Crippen MR) is 101 cm³/mol. The van der Waals surface area contributed by atoms with E-state index in [0.29, 0.717) is 0 Å². The van der Waals surface area contributed by atoms with Gasteiger partial charge in [0, 0.05) is 38.0 Å². The van der Waals surface area contributed by atoms with Gasteiger partial charge in [-0.15, -0.1) is 0 Å². The average molecular weight is 400 g/mol.